The quantitative estimate of drug-likeness (QED) is 0.850. The lowest BCUT2D eigenvalue weighted by atomic mass is 10.2. The van der Waals surface area contributed by atoms with Gasteiger partial charge in [0.25, 0.3) is 5.91 Å². The maximum atomic E-state index is 11.9. The van der Waals surface area contributed by atoms with E-state index in [2.05, 4.69) is 5.32 Å². The van der Waals surface area contributed by atoms with Gasteiger partial charge in [-0.25, -0.2) is 0 Å². The molecule has 0 aromatic heterocycles. The summed E-state index contributed by atoms with van der Waals surface area (Å²) in [5.41, 5.74) is 1.20. The molecule has 0 saturated heterocycles. The highest BCUT2D eigenvalue weighted by molar-refractivity contribution is 6.35. The van der Waals surface area contributed by atoms with Gasteiger partial charge in [-0.1, -0.05) is 29.3 Å². The van der Waals surface area contributed by atoms with Gasteiger partial charge in [0.1, 0.15) is 0 Å². The van der Waals surface area contributed by atoms with Crippen LogP contribution in [-0.4, -0.2) is 19.6 Å². The molecule has 124 valence electrons. The van der Waals surface area contributed by atoms with Crippen molar-refractivity contribution in [2.24, 2.45) is 0 Å². The Bertz CT molecular complexity index is 788. The summed E-state index contributed by atoms with van der Waals surface area (Å²) in [5, 5.41) is 12.6. The first-order valence-corrected chi connectivity index (χ1v) is 7.70. The molecule has 0 bridgehead atoms. The summed E-state index contributed by atoms with van der Waals surface area (Å²) in [6.07, 6.45) is 0. The van der Waals surface area contributed by atoms with Crippen molar-refractivity contribution >= 4 is 29.1 Å². The van der Waals surface area contributed by atoms with E-state index in [0.29, 0.717) is 27.1 Å². The van der Waals surface area contributed by atoms with Crippen LogP contribution in [0, 0.1) is 11.3 Å². The van der Waals surface area contributed by atoms with Crippen LogP contribution >= 0.6 is 23.2 Å². The van der Waals surface area contributed by atoms with Crippen molar-refractivity contribution in [3.8, 4) is 17.6 Å². The van der Waals surface area contributed by atoms with E-state index in [0.717, 1.165) is 5.56 Å². The van der Waals surface area contributed by atoms with Crippen LogP contribution in [0.5, 0.6) is 11.5 Å². The maximum Gasteiger partial charge on any atom is 0.258 e. The van der Waals surface area contributed by atoms with Crippen LogP contribution in [0.25, 0.3) is 0 Å². The average Bonchev–Trinajstić information content (AvgIpc) is 2.59. The number of carbonyl (C=O) groups excluding carboxylic acids is 1. The fourth-order valence-electron chi connectivity index (χ4n) is 1.91. The first-order valence-electron chi connectivity index (χ1n) is 6.95. The maximum absolute atomic E-state index is 11.9. The van der Waals surface area contributed by atoms with E-state index in [1.54, 1.807) is 36.4 Å². The van der Waals surface area contributed by atoms with Crippen LogP contribution in [0.1, 0.15) is 11.1 Å². The van der Waals surface area contributed by atoms with Gasteiger partial charge < -0.3 is 14.8 Å². The molecule has 0 aliphatic heterocycles. The summed E-state index contributed by atoms with van der Waals surface area (Å²) in [4.78, 5) is 11.9. The van der Waals surface area contributed by atoms with E-state index in [-0.39, 0.29) is 19.1 Å². The number of hydrogen-bond donors (Lipinski definition) is 1. The van der Waals surface area contributed by atoms with Crippen LogP contribution in [0.2, 0.25) is 10.0 Å². The minimum absolute atomic E-state index is 0.187. The van der Waals surface area contributed by atoms with Crippen LogP contribution in [0.4, 0.5) is 0 Å². The van der Waals surface area contributed by atoms with Gasteiger partial charge in [-0.2, -0.15) is 5.26 Å². The van der Waals surface area contributed by atoms with Gasteiger partial charge in [0, 0.05) is 22.7 Å². The van der Waals surface area contributed by atoms with E-state index < -0.39 is 0 Å². The minimum atomic E-state index is -0.313. The molecule has 0 aliphatic carbocycles. The number of hydrogen-bond acceptors (Lipinski definition) is 4. The number of benzene rings is 2. The van der Waals surface area contributed by atoms with E-state index >= 15 is 0 Å². The molecule has 2 aromatic carbocycles. The SMILES string of the molecule is COc1cc(C#N)ccc1OCC(=O)NCc1ccc(Cl)cc1Cl. The predicted molar refractivity (Wildman–Crippen MR) is 91.5 cm³/mol. The molecule has 0 saturated carbocycles. The molecule has 2 rings (SSSR count). The summed E-state index contributed by atoms with van der Waals surface area (Å²) in [6, 6.07) is 11.8. The standard InChI is InChI=1S/C17H14Cl2N2O3/c1-23-16-6-11(8-20)2-5-15(16)24-10-17(22)21-9-12-3-4-13(18)7-14(12)19/h2-7H,9-10H2,1H3,(H,21,22). The highest BCUT2D eigenvalue weighted by atomic mass is 35.5. The molecular weight excluding hydrogens is 351 g/mol. The molecule has 24 heavy (non-hydrogen) atoms. The zero-order chi connectivity index (χ0) is 17.5. The van der Waals surface area contributed by atoms with Crippen molar-refractivity contribution in [1.29, 1.82) is 5.26 Å². The molecular formula is C17H14Cl2N2O3. The Balaban J connectivity index is 1.90. The third-order valence-electron chi connectivity index (χ3n) is 3.14. The van der Waals surface area contributed by atoms with Crippen molar-refractivity contribution < 1.29 is 14.3 Å². The van der Waals surface area contributed by atoms with E-state index in [9.17, 15) is 4.79 Å². The van der Waals surface area contributed by atoms with Crippen LogP contribution in [-0.2, 0) is 11.3 Å². The molecule has 1 N–H and O–H groups in total. The summed E-state index contributed by atoms with van der Waals surface area (Å²) < 4.78 is 10.6. The Hall–Kier alpha value is -2.42. The number of nitrogens with zero attached hydrogens (tertiary/aromatic N) is 1. The molecule has 0 heterocycles. The largest absolute Gasteiger partial charge is 0.493 e. The number of methoxy groups -OCH3 is 1. The molecule has 0 radical (unpaired) electrons. The minimum Gasteiger partial charge on any atom is -0.493 e. The lowest BCUT2D eigenvalue weighted by Gasteiger charge is -2.11. The topological polar surface area (TPSA) is 71.3 Å². The smallest absolute Gasteiger partial charge is 0.258 e. The van der Waals surface area contributed by atoms with Gasteiger partial charge in [0.2, 0.25) is 0 Å². The monoisotopic (exact) mass is 364 g/mol. The molecule has 2 aromatic rings. The van der Waals surface area contributed by atoms with Crippen molar-refractivity contribution in [2.75, 3.05) is 13.7 Å². The van der Waals surface area contributed by atoms with Crippen molar-refractivity contribution in [2.45, 2.75) is 6.54 Å². The number of ether oxygens (including phenoxy) is 2. The van der Waals surface area contributed by atoms with E-state index in [1.807, 2.05) is 6.07 Å². The molecule has 5 nitrogen and oxygen atoms in total. The number of nitrogens with one attached hydrogen (secondary N) is 1. The van der Waals surface area contributed by atoms with Gasteiger partial charge in [0.05, 0.1) is 18.7 Å². The molecule has 7 heteroatoms. The number of rotatable bonds is 6. The summed E-state index contributed by atoms with van der Waals surface area (Å²) >= 11 is 11.9. The van der Waals surface area contributed by atoms with Crippen LogP contribution in [0.15, 0.2) is 36.4 Å². The Labute approximate surface area is 149 Å². The summed E-state index contributed by atoms with van der Waals surface area (Å²) in [5.74, 6) is 0.464. The third-order valence-corrected chi connectivity index (χ3v) is 3.73. The normalized spacial score (nSPS) is 9.92. The number of halogens is 2. The second-order valence-corrected chi connectivity index (χ2v) is 5.62. The fourth-order valence-corrected chi connectivity index (χ4v) is 2.38. The molecule has 0 atom stereocenters. The zero-order valence-electron chi connectivity index (χ0n) is 12.8. The molecule has 1 amide bonds. The van der Waals surface area contributed by atoms with Crippen molar-refractivity contribution in [1.82, 2.24) is 5.32 Å². The molecule has 0 aliphatic rings. The highest BCUT2D eigenvalue weighted by Crippen LogP contribution is 2.27. The second-order valence-electron chi connectivity index (χ2n) is 4.78. The third kappa shape index (κ3) is 4.79. The van der Waals surface area contributed by atoms with Crippen molar-refractivity contribution in [3.63, 3.8) is 0 Å². The highest BCUT2D eigenvalue weighted by Gasteiger charge is 2.09. The fraction of sp³-hybridized carbons (Fsp3) is 0.176. The van der Waals surface area contributed by atoms with E-state index in [4.69, 9.17) is 37.9 Å². The van der Waals surface area contributed by atoms with Gasteiger partial charge in [0.15, 0.2) is 18.1 Å². The van der Waals surface area contributed by atoms with Crippen molar-refractivity contribution in [3.05, 3.63) is 57.6 Å². The Morgan fingerprint density at radius 3 is 2.67 bits per heavy atom. The number of nitriles is 1. The predicted octanol–water partition coefficient (Wildman–Crippen LogP) is 3.57. The van der Waals surface area contributed by atoms with Crippen LogP contribution < -0.4 is 14.8 Å². The lowest BCUT2D eigenvalue weighted by Crippen LogP contribution is -2.28. The molecule has 0 fully saturated rings. The summed E-state index contributed by atoms with van der Waals surface area (Å²) in [6.45, 7) is 0.0795. The van der Waals surface area contributed by atoms with Gasteiger partial charge in [-0.15, -0.1) is 0 Å². The Morgan fingerprint density at radius 1 is 1.21 bits per heavy atom. The summed E-state index contributed by atoms with van der Waals surface area (Å²) in [7, 11) is 1.46. The number of carbonyl (C=O) groups is 1. The Morgan fingerprint density at radius 2 is 2.00 bits per heavy atom. The molecule has 0 unspecified atom stereocenters. The van der Waals surface area contributed by atoms with Gasteiger partial charge >= 0.3 is 0 Å². The molecule has 0 spiro atoms. The lowest BCUT2D eigenvalue weighted by molar-refractivity contribution is -0.123. The first kappa shape index (κ1) is 17.9. The Kier molecular flexibility index (Phi) is 6.30. The number of amides is 1. The van der Waals surface area contributed by atoms with E-state index in [1.165, 1.54) is 7.11 Å². The van der Waals surface area contributed by atoms with Gasteiger partial charge in [-0.3, -0.25) is 4.79 Å². The second kappa shape index (κ2) is 8.44. The first-order chi connectivity index (χ1) is 11.5. The van der Waals surface area contributed by atoms with Gasteiger partial charge in [-0.05, 0) is 29.8 Å². The average molecular weight is 365 g/mol. The van der Waals surface area contributed by atoms with Crippen LogP contribution in [0.3, 0.4) is 0 Å². The zero-order valence-corrected chi connectivity index (χ0v) is 14.3.